The molecule has 0 bridgehead atoms. The molecule has 0 aliphatic rings. The van der Waals surface area contributed by atoms with Gasteiger partial charge in [-0.3, -0.25) is 0 Å². The molecule has 0 fully saturated rings. The summed E-state index contributed by atoms with van der Waals surface area (Å²) in [6.45, 7) is 3.82. The molecule has 17 heavy (non-hydrogen) atoms. The molecule has 0 aliphatic carbocycles. The lowest BCUT2D eigenvalue weighted by molar-refractivity contribution is 0.724. The van der Waals surface area contributed by atoms with Crippen LogP contribution in [0.2, 0.25) is 10.0 Å². The lowest BCUT2D eigenvalue weighted by atomic mass is 10.3. The molecule has 0 saturated carbocycles. The van der Waals surface area contributed by atoms with Crippen LogP contribution in [-0.4, -0.2) is 4.57 Å². The van der Waals surface area contributed by atoms with Crippen LogP contribution in [0.3, 0.4) is 0 Å². The highest BCUT2D eigenvalue weighted by Gasteiger charge is 2.04. The maximum Gasteiger partial charge on any atom is 0.0823 e. The summed E-state index contributed by atoms with van der Waals surface area (Å²) in [6.07, 6.45) is 2.07. The van der Waals surface area contributed by atoms with E-state index in [2.05, 4.69) is 29.1 Å². The molecule has 2 rings (SSSR count). The van der Waals surface area contributed by atoms with E-state index in [0.717, 1.165) is 18.8 Å². The van der Waals surface area contributed by atoms with Crippen LogP contribution in [0.25, 0.3) is 0 Å². The molecule has 4 heteroatoms. The fraction of sp³-hybridized carbons (Fsp3) is 0.231. The first-order valence-corrected chi connectivity index (χ1v) is 6.30. The zero-order valence-corrected chi connectivity index (χ0v) is 11.1. The Balaban J connectivity index is 2.10. The number of anilines is 1. The molecule has 0 spiro atoms. The van der Waals surface area contributed by atoms with Gasteiger partial charge in [-0.1, -0.05) is 29.3 Å². The number of nitrogens with zero attached hydrogens (tertiary/aromatic N) is 1. The summed E-state index contributed by atoms with van der Waals surface area (Å²) in [5, 5.41) is 4.44. The van der Waals surface area contributed by atoms with Gasteiger partial charge in [-0.05, 0) is 31.2 Å². The largest absolute Gasteiger partial charge is 0.378 e. The van der Waals surface area contributed by atoms with Crippen LogP contribution in [-0.2, 0) is 13.1 Å². The second-order valence-electron chi connectivity index (χ2n) is 3.74. The number of aromatic nitrogens is 1. The van der Waals surface area contributed by atoms with Crippen molar-refractivity contribution in [3.8, 4) is 0 Å². The van der Waals surface area contributed by atoms with E-state index in [4.69, 9.17) is 23.2 Å². The Hall–Kier alpha value is -1.12. The fourth-order valence-corrected chi connectivity index (χ4v) is 2.11. The van der Waals surface area contributed by atoms with Crippen molar-refractivity contribution in [2.45, 2.75) is 20.0 Å². The number of nitrogens with one attached hydrogen (secondary N) is 1. The quantitative estimate of drug-likeness (QED) is 0.868. The highest BCUT2D eigenvalue weighted by molar-refractivity contribution is 6.43. The molecule has 1 aromatic carbocycles. The molecule has 2 nitrogen and oxygen atoms in total. The minimum atomic E-state index is 0.572. The Kier molecular flexibility index (Phi) is 3.97. The number of halogens is 2. The third kappa shape index (κ3) is 2.76. The second-order valence-corrected chi connectivity index (χ2v) is 4.53. The van der Waals surface area contributed by atoms with Gasteiger partial charge < -0.3 is 9.88 Å². The van der Waals surface area contributed by atoms with E-state index in [0.29, 0.717) is 10.0 Å². The van der Waals surface area contributed by atoms with Gasteiger partial charge >= 0.3 is 0 Å². The van der Waals surface area contributed by atoms with Crippen LogP contribution >= 0.6 is 23.2 Å². The minimum Gasteiger partial charge on any atom is -0.378 e. The van der Waals surface area contributed by atoms with Crippen molar-refractivity contribution in [1.29, 1.82) is 0 Å². The van der Waals surface area contributed by atoms with Gasteiger partial charge in [-0.15, -0.1) is 0 Å². The van der Waals surface area contributed by atoms with Gasteiger partial charge in [0.2, 0.25) is 0 Å². The Labute approximate surface area is 111 Å². The van der Waals surface area contributed by atoms with Gasteiger partial charge in [-0.25, -0.2) is 0 Å². The summed E-state index contributed by atoms with van der Waals surface area (Å²) in [7, 11) is 0. The lowest BCUT2D eigenvalue weighted by Crippen LogP contribution is -2.06. The van der Waals surface area contributed by atoms with Gasteiger partial charge in [0.05, 0.1) is 22.3 Å². The highest BCUT2D eigenvalue weighted by Crippen LogP contribution is 2.29. The smallest absolute Gasteiger partial charge is 0.0823 e. The summed E-state index contributed by atoms with van der Waals surface area (Å²) >= 11 is 12.1. The van der Waals surface area contributed by atoms with Crippen molar-refractivity contribution in [2.75, 3.05) is 5.32 Å². The summed E-state index contributed by atoms with van der Waals surface area (Å²) < 4.78 is 2.19. The molecule has 0 radical (unpaired) electrons. The first-order chi connectivity index (χ1) is 8.22. The summed E-state index contributed by atoms with van der Waals surface area (Å²) in [4.78, 5) is 0. The molecule has 1 heterocycles. The minimum absolute atomic E-state index is 0.572. The van der Waals surface area contributed by atoms with Crippen LogP contribution in [0.5, 0.6) is 0 Å². The van der Waals surface area contributed by atoms with Crippen LogP contribution in [0.4, 0.5) is 5.69 Å². The van der Waals surface area contributed by atoms with Crippen LogP contribution in [0, 0.1) is 0 Å². The molecular weight excluding hydrogens is 255 g/mol. The first-order valence-electron chi connectivity index (χ1n) is 5.54. The average Bonchev–Trinajstić information content (AvgIpc) is 2.78. The Morgan fingerprint density at radius 2 is 2.00 bits per heavy atom. The van der Waals surface area contributed by atoms with Gasteiger partial charge in [0.25, 0.3) is 0 Å². The molecular formula is C13H14Cl2N2. The maximum atomic E-state index is 6.11. The zero-order chi connectivity index (χ0) is 12.3. The molecule has 0 atom stereocenters. The van der Waals surface area contributed by atoms with Crippen LogP contribution in [0.1, 0.15) is 12.6 Å². The number of hydrogen-bond acceptors (Lipinski definition) is 1. The number of benzene rings is 1. The Morgan fingerprint density at radius 3 is 2.76 bits per heavy atom. The second kappa shape index (κ2) is 5.48. The Bertz CT molecular complexity index is 506. The van der Waals surface area contributed by atoms with Crippen molar-refractivity contribution in [1.82, 2.24) is 4.57 Å². The van der Waals surface area contributed by atoms with Gasteiger partial charge in [0.1, 0.15) is 0 Å². The van der Waals surface area contributed by atoms with Gasteiger partial charge in [0, 0.05) is 18.4 Å². The third-order valence-corrected chi connectivity index (χ3v) is 3.49. The predicted molar refractivity (Wildman–Crippen MR) is 73.9 cm³/mol. The van der Waals surface area contributed by atoms with Gasteiger partial charge in [0.15, 0.2) is 0 Å². The SMILES string of the molecule is CCn1cccc1CNc1cccc(Cl)c1Cl. The first kappa shape index (κ1) is 12.3. The van der Waals surface area contributed by atoms with E-state index in [1.807, 2.05) is 18.2 Å². The van der Waals surface area contributed by atoms with E-state index < -0.39 is 0 Å². The predicted octanol–water partition coefficient (Wildman–Crippen LogP) is 4.43. The molecule has 0 amide bonds. The van der Waals surface area contributed by atoms with Crippen molar-refractivity contribution in [3.05, 3.63) is 52.3 Å². The summed E-state index contributed by atoms with van der Waals surface area (Å²) in [5.74, 6) is 0. The highest BCUT2D eigenvalue weighted by atomic mass is 35.5. The normalized spacial score (nSPS) is 10.5. The number of hydrogen-bond donors (Lipinski definition) is 1. The molecule has 0 aliphatic heterocycles. The van der Waals surface area contributed by atoms with E-state index in [-0.39, 0.29) is 0 Å². The average molecular weight is 269 g/mol. The van der Waals surface area contributed by atoms with Crippen LogP contribution < -0.4 is 5.32 Å². The fourth-order valence-electron chi connectivity index (χ4n) is 1.74. The molecule has 1 N–H and O–H groups in total. The molecule has 0 unspecified atom stereocenters. The van der Waals surface area contributed by atoms with Crippen molar-refractivity contribution < 1.29 is 0 Å². The van der Waals surface area contributed by atoms with E-state index in [9.17, 15) is 0 Å². The molecule has 1 aromatic heterocycles. The van der Waals surface area contributed by atoms with Crippen molar-refractivity contribution in [2.24, 2.45) is 0 Å². The monoisotopic (exact) mass is 268 g/mol. The van der Waals surface area contributed by atoms with E-state index in [1.54, 1.807) is 6.07 Å². The molecule has 90 valence electrons. The molecule has 2 aromatic rings. The number of aryl methyl sites for hydroxylation is 1. The topological polar surface area (TPSA) is 17.0 Å². The standard InChI is InChI=1S/C13H14Cl2N2/c1-2-17-8-4-5-10(17)9-16-12-7-3-6-11(14)13(12)15/h3-8,16H,2,9H2,1H3. The zero-order valence-electron chi connectivity index (χ0n) is 9.58. The van der Waals surface area contributed by atoms with Crippen molar-refractivity contribution >= 4 is 28.9 Å². The van der Waals surface area contributed by atoms with Gasteiger partial charge in [-0.2, -0.15) is 0 Å². The number of rotatable bonds is 4. The van der Waals surface area contributed by atoms with E-state index in [1.165, 1.54) is 5.69 Å². The maximum absolute atomic E-state index is 6.11. The summed E-state index contributed by atoms with van der Waals surface area (Å²) in [6, 6.07) is 9.72. The summed E-state index contributed by atoms with van der Waals surface area (Å²) in [5.41, 5.74) is 2.09. The van der Waals surface area contributed by atoms with E-state index >= 15 is 0 Å². The third-order valence-electron chi connectivity index (χ3n) is 2.68. The Morgan fingerprint density at radius 1 is 1.18 bits per heavy atom. The molecule has 0 saturated heterocycles. The van der Waals surface area contributed by atoms with Crippen LogP contribution in [0.15, 0.2) is 36.5 Å². The van der Waals surface area contributed by atoms with Crippen molar-refractivity contribution in [3.63, 3.8) is 0 Å². The lowest BCUT2D eigenvalue weighted by Gasteiger charge is -2.11.